The normalized spacial score (nSPS) is 26.7. The quantitative estimate of drug-likeness (QED) is 0.524. The van der Waals surface area contributed by atoms with Gasteiger partial charge in [-0.2, -0.15) is 0 Å². The van der Waals surface area contributed by atoms with Crippen LogP contribution in [0.2, 0.25) is 0 Å². The Morgan fingerprint density at radius 2 is 2.36 bits per heavy atom. The van der Waals surface area contributed by atoms with E-state index in [1.54, 1.807) is 0 Å². The van der Waals surface area contributed by atoms with Crippen molar-refractivity contribution in [2.45, 2.75) is 32.3 Å². The minimum atomic E-state index is 0.168. The molecule has 3 heteroatoms. The zero-order valence-electron chi connectivity index (χ0n) is 8.44. The van der Waals surface area contributed by atoms with E-state index in [-0.39, 0.29) is 6.10 Å². The van der Waals surface area contributed by atoms with E-state index in [9.17, 15) is 0 Å². The van der Waals surface area contributed by atoms with Crippen LogP contribution in [0, 0.1) is 5.92 Å². The van der Waals surface area contributed by atoms with Crippen molar-refractivity contribution < 1.29 is 4.52 Å². The van der Waals surface area contributed by atoms with Crippen LogP contribution in [0.3, 0.4) is 0 Å². The van der Waals surface area contributed by atoms with Crippen LogP contribution in [-0.4, -0.2) is 4.98 Å². The van der Waals surface area contributed by atoms with E-state index in [0.717, 1.165) is 24.5 Å². The Labute approximate surface area is 87.4 Å². The van der Waals surface area contributed by atoms with Crippen molar-refractivity contribution in [2.75, 3.05) is 0 Å². The molecule has 2 rings (SSSR count). The molecule has 3 atom stereocenters. The predicted molar refractivity (Wildman–Crippen MR) is 59.9 cm³/mol. The van der Waals surface area contributed by atoms with Gasteiger partial charge in [-0.05, 0) is 36.8 Å². The summed E-state index contributed by atoms with van der Waals surface area (Å²) in [4.78, 5) is 4.43. The van der Waals surface area contributed by atoms with E-state index in [1.165, 1.54) is 12.0 Å². The Morgan fingerprint density at radius 1 is 1.50 bits per heavy atom. The molecule has 0 radical (unpaired) electrons. The first kappa shape index (κ1) is 10.1. The van der Waals surface area contributed by atoms with Gasteiger partial charge in [-0.3, -0.25) is 4.98 Å². The second kappa shape index (κ2) is 4.37. The standard InChI is InChI=1S/C11H16NOP/c1-8-4-5-10(13-14)11-9(7-8)3-2-6-12-11/h2-3,6,8,10H,4-5,7,14H2,1H3. The average Bonchev–Trinajstić information content (AvgIpc) is 2.36. The molecule has 1 aliphatic carbocycles. The van der Waals surface area contributed by atoms with Crippen LogP contribution in [0.5, 0.6) is 0 Å². The third-order valence-electron chi connectivity index (χ3n) is 2.89. The molecule has 0 spiro atoms. The van der Waals surface area contributed by atoms with Crippen molar-refractivity contribution in [3.8, 4) is 0 Å². The first-order valence-corrected chi connectivity index (χ1v) is 5.57. The highest BCUT2D eigenvalue weighted by molar-refractivity contribution is 7.09. The average molecular weight is 209 g/mol. The summed E-state index contributed by atoms with van der Waals surface area (Å²) >= 11 is 0. The van der Waals surface area contributed by atoms with Gasteiger partial charge in [0.25, 0.3) is 0 Å². The second-order valence-electron chi connectivity index (χ2n) is 4.06. The van der Waals surface area contributed by atoms with Crippen LogP contribution >= 0.6 is 9.47 Å². The van der Waals surface area contributed by atoms with Crippen LogP contribution in [0.4, 0.5) is 0 Å². The van der Waals surface area contributed by atoms with Crippen molar-refractivity contribution in [1.29, 1.82) is 0 Å². The van der Waals surface area contributed by atoms with E-state index in [1.807, 2.05) is 12.3 Å². The van der Waals surface area contributed by atoms with E-state index in [2.05, 4.69) is 27.4 Å². The largest absolute Gasteiger partial charge is 0.356 e. The molecule has 1 aromatic heterocycles. The molecule has 76 valence electrons. The summed E-state index contributed by atoms with van der Waals surface area (Å²) in [6, 6.07) is 4.18. The lowest BCUT2D eigenvalue weighted by Crippen LogP contribution is -2.02. The number of hydrogen-bond donors (Lipinski definition) is 0. The summed E-state index contributed by atoms with van der Waals surface area (Å²) < 4.78 is 5.40. The van der Waals surface area contributed by atoms with Crippen molar-refractivity contribution >= 4 is 9.47 Å². The Bertz CT molecular complexity index is 316. The van der Waals surface area contributed by atoms with E-state index in [0.29, 0.717) is 0 Å². The van der Waals surface area contributed by atoms with E-state index >= 15 is 0 Å². The molecule has 14 heavy (non-hydrogen) atoms. The second-order valence-corrected chi connectivity index (χ2v) is 4.33. The van der Waals surface area contributed by atoms with Gasteiger partial charge in [-0.15, -0.1) is 0 Å². The Kier molecular flexibility index (Phi) is 3.15. The monoisotopic (exact) mass is 209 g/mol. The maximum atomic E-state index is 5.40. The molecule has 1 heterocycles. The SMILES string of the molecule is CC1CCC(OP)c2ncccc2C1. The highest BCUT2D eigenvalue weighted by Gasteiger charge is 2.22. The topological polar surface area (TPSA) is 22.1 Å². The van der Waals surface area contributed by atoms with Gasteiger partial charge in [-0.25, -0.2) is 0 Å². The van der Waals surface area contributed by atoms with Gasteiger partial charge < -0.3 is 4.52 Å². The number of hydrogen-bond acceptors (Lipinski definition) is 2. The fraction of sp³-hybridized carbons (Fsp3) is 0.545. The van der Waals surface area contributed by atoms with Crippen molar-refractivity contribution in [3.63, 3.8) is 0 Å². The maximum Gasteiger partial charge on any atom is 0.103 e. The molecule has 0 amide bonds. The minimum absolute atomic E-state index is 0.168. The number of aromatic nitrogens is 1. The number of pyridine rings is 1. The Balaban J connectivity index is 2.36. The molecule has 0 fully saturated rings. The fourth-order valence-corrected chi connectivity index (χ4v) is 2.36. The number of nitrogens with zero attached hydrogens (tertiary/aromatic N) is 1. The van der Waals surface area contributed by atoms with Gasteiger partial charge in [0.1, 0.15) is 6.10 Å². The molecule has 2 nitrogen and oxygen atoms in total. The maximum absolute atomic E-state index is 5.40. The molecule has 0 saturated heterocycles. The van der Waals surface area contributed by atoms with Gasteiger partial charge >= 0.3 is 0 Å². The van der Waals surface area contributed by atoms with E-state index < -0.39 is 0 Å². The van der Waals surface area contributed by atoms with Crippen LogP contribution in [-0.2, 0) is 10.9 Å². The molecule has 0 N–H and O–H groups in total. The minimum Gasteiger partial charge on any atom is -0.356 e. The third kappa shape index (κ3) is 1.97. The molecule has 0 aliphatic heterocycles. The van der Waals surface area contributed by atoms with Crippen LogP contribution < -0.4 is 0 Å². The van der Waals surface area contributed by atoms with Gasteiger partial charge in [0, 0.05) is 15.7 Å². The van der Waals surface area contributed by atoms with Crippen LogP contribution in [0.1, 0.15) is 37.1 Å². The molecule has 0 saturated carbocycles. The molecule has 1 aliphatic rings. The molecule has 1 aromatic rings. The Hall–Kier alpha value is -0.460. The summed E-state index contributed by atoms with van der Waals surface area (Å²) in [7, 11) is 2.36. The van der Waals surface area contributed by atoms with Gasteiger partial charge in [0.2, 0.25) is 0 Å². The van der Waals surface area contributed by atoms with Crippen LogP contribution in [0.25, 0.3) is 0 Å². The van der Waals surface area contributed by atoms with Crippen molar-refractivity contribution in [3.05, 3.63) is 29.6 Å². The lowest BCUT2D eigenvalue weighted by molar-refractivity contribution is 0.220. The van der Waals surface area contributed by atoms with Gasteiger partial charge in [-0.1, -0.05) is 13.0 Å². The van der Waals surface area contributed by atoms with Gasteiger partial charge in [0.05, 0.1) is 5.69 Å². The summed E-state index contributed by atoms with van der Waals surface area (Å²) in [6.45, 7) is 2.29. The number of fused-ring (bicyclic) bond motifs is 1. The lowest BCUT2D eigenvalue weighted by Gasteiger charge is -2.13. The lowest BCUT2D eigenvalue weighted by atomic mass is 10.0. The predicted octanol–water partition coefficient (Wildman–Crippen LogP) is 2.90. The zero-order chi connectivity index (χ0) is 9.97. The highest BCUT2D eigenvalue weighted by atomic mass is 31.0. The van der Waals surface area contributed by atoms with E-state index in [4.69, 9.17) is 4.52 Å². The first-order chi connectivity index (χ1) is 6.81. The summed E-state index contributed by atoms with van der Waals surface area (Å²) in [5.41, 5.74) is 2.48. The number of rotatable bonds is 1. The molecule has 3 unspecified atom stereocenters. The van der Waals surface area contributed by atoms with Crippen molar-refractivity contribution in [1.82, 2.24) is 4.98 Å². The molecular weight excluding hydrogens is 193 g/mol. The smallest absolute Gasteiger partial charge is 0.103 e. The summed E-state index contributed by atoms with van der Waals surface area (Å²) in [6.07, 6.45) is 5.45. The molecule has 0 aromatic carbocycles. The third-order valence-corrected chi connectivity index (χ3v) is 3.21. The fourth-order valence-electron chi connectivity index (χ4n) is 2.10. The highest BCUT2D eigenvalue weighted by Crippen LogP contribution is 2.33. The van der Waals surface area contributed by atoms with Crippen molar-refractivity contribution in [2.24, 2.45) is 5.92 Å². The summed E-state index contributed by atoms with van der Waals surface area (Å²) in [5, 5.41) is 0. The first-order valence-electron chi connectivity index (χ1n) is 5.10. The summed E-state index contributed by atoms with van der Waals surface area (Å²) in [5.74, 6) is 0.739. The Morgan fingerprint density at radius 3 is 3.14 bits per heavy atom. The molecular formula is C11H16NOP. The van der Waals surface area contributed by atoms with Crippen LogP contribution in [0.15, 0.2) is 18.3 Å². The molecule has 0 bridgehead atoms. The van der Waals surface area contributed by atoms with Gasteiger partial charge in [0.15, 0.2) is 0 Å². The zero-order valence-corrected chi connectivity index (χ0v) is 9.60.